The van der Waals surface area contributed by atoms with E-state index in [1.807, 2.05) is 13.0 Å². The summed E-state index contributed by atoms with van der Waals surface area (Å²) >= 11 is 0. The van der Waals surface area contributed by atoms with Crippen molar-refractivity contribution in [3.8, 4) is 11.5 Å². The second kappa shape index (κ2) is 6.31. The molecule has 2 aromatic rings. The van der Waals surface area contributed by atoms with E-state index in [4.69, 9.17) is 15.2 Å². The van der Waals surface area contributed by atoms with Gasteiger partial charge in [0.15, 0.2) is 6.10 Å². The number of ketones is 1. The average molecular weight is 285 g/mol. The molecule has 2 N–H and O–H groups in total. The number of benzene rings is 2. The van der Waals surface area contributed by atoms with Gasteiger partial charge < -0.3 is 15.2 Å². The lowest BCUT2D eigenvalue weighted by molar-refractivity contribution is 0.0818. The zero-order valence-corrected chi connectivity index (χ0v) is 12.4. The van der Waals surface area contributed by atoms with Gasteiger partial charge in [0.1, 0.15) is 11.5 Å². The van der Waals surface area contributed by atoms with Crippen molar-refractivity contribution in [2.45, 2.75) is 20.0 Å². The Morgan fingerprint density at radius 2 is 1.81 bits per heavy atom. The quantitative estimate of drug-likeness (QED) is 0.676. The summed E-state index contributed by atoms with van der Waals surface area (Å²) in [6.45, 7) is 3.64. The van der Waals surface area contributed by atoms with Crippen LogP contribution in [0.3, 0.4) is 0 Å². The zero-order valence-electron chi connectivity index (χ0n) is 12.4. The fraction of sp³-hybridized carbons (Fsp3) is 0.235. The van der Waals surface area contributed by atoms with Crippen molar-refractivity contribution in [1.82, 2.24) is 0 Å². The summed E-state index contributed by atoms with van der Waals surface area (Å²) < 4.78 is 10.8. The van der Waals surface area contributed by atoms with E-state index >= 15 is 0 Å². The Morgan fingerprint density at radius 3 is 2.38 bits per heavy atom. The number of methoxy groups -OCH3 is 1. The molecule has 2 aromatic carbocycles. The lowest BCUT2D eigenvalue weighted by Gasteiger charge is -2.14. The molecule has 2 rings (SSSR count). The van der Waals surface area contributed by atoms with Gasteiger partial charge in [0.05, 0.1) is 7.11 Å². The molecule has 0 aliphatic carbocycles. The van der Waals surface area contributed by atoms with Gasteiger partial charge in [-0.1, -0.05) is 0 Å². The summed E-state index contributed by atoms with van der Waals surface area (Å²) in [7, 11) is 1.61. The highest BCUT2D eigenvalue weighted by Gasteiger charge is 2.17. The Hall–Kier alpha value is -2.49. The summed E-state index contributed by atoms with van der Waals surface area (Å²) in [5.41, 5.74) is 7.80. The molecular weight excluding hydrogens is 266 g/mol. The second-order valence-electron chi connectivity index (χ2n) is 4.88. The molecule has 0 aromatic heterocycles. The number of carbonyl (C=O) groups excluding carboxylic acids is 1. The van der Waals surface area contributed by atoms with Gasteiger partial charge in [0, 0.05) is 11.3 Å². The third kappa shape index (κ3) is 3.54. The average Bonchev–Trinajstić information content (AvgIpc) is 2.48. The monoisotopic (exact) mass is 285 g/mol. The fourth-order valence-electron chi connectivity index (χ4n) is 2.07. The van der Waals surface area contributed by atoms with Crippen molar-refractivity contribution in [1.29, 1.82) is 0 Å². The maximum Gasteiger partial charge on any atom is 0.203 e. The van der Waals surface area contributed by atoms with Crippen LogP contribution >= 0.6 is 0 Å². The van der Waals surface area contributed by atoms with E-state index in [1.54, 1.807) is 50.4 Å². The Kier molecular flexibility index (Phi) is 4.48. The van der Waals surface area contributed by atoms with E-state index in [1.165, 1.54) is 0 Å². The minimum Gasteiger partial charge on any atom is -0.496 e. The number of anilines is 1. The van der Waals surface area contributed by atoms with Crippen LogP contribution in [-0.4, -0.2) is 19.0 Å². The smallest absolute Gasteiger partial charge is 0.203 e. The SMILES string of the molecule is COc1ccc(C(=O)C(C)Oc2ccc(N)cc2)cc1C. The minimum atomic E-state index is -0.568. The maximum absolute atomic E-state index is 12.4. The van der Waals surface area contributed by atoms with Crippen LogP contribution in [0.25, 0.3) is 0 Å². The van der Waals surface area contributed by atoms with Crippen molar-refractivity contribution in [3.63, 3.8) is 0 Å². The third-order valence-corrected chi connectivity index (χ3v) is 3.24. The molecule has 0 fully saturated rings. The molecule has 0 spiro atoms. The molecule has 1 unspecified atom stereocenters. The van der Waals surface area contributed by atoms with Gasteiger partial charge in [-0.05, 0) is 61.9 Å². The highest BCUT2D eigenvalue weighted by Crippen LogP contribution is 2.21. The largest absolute Gasteiger partial charge is 0.496 e. The molecule has 0 radical (unpaired) electrons. The van der Waals surface area contributed by atoms with Gasteiger partial charge in [-0.25, -0.2) is 0 Å². The van der Waals surface area contributed by atoms with Gasteiger partial charge in [-0.2, -0.15) is 0 Å². The van der Waals surface area contributed by atoms with Gasteiger partial charge in [-0.3, -0.25) is 4.79 Å². The predicted molar refractivity (Wildman–Crippen MR) is 83.0 cm³/mol. The predicted octanol–water partition coefficient (Wildman–Crippen LogP) is 3.24. The Morgan fingerprint density at radius 1 is 1.14 bits per heavy atom. The standard InChI is InChI=1S/C17H19NO3/c1-11-10-13(4-9-16(11)20-3)17(19)12(2)21-15-7-5-14(18)6-8-15/h4-10,12H,18H2,1-3H3. The van der Waals surface area contributed by atoms with Gasteiger partial charge in [0.2, 0.25) is 5.78 Å². The number of hydrogen-bond acceptors (Lipinski definition) is 4. The molecule has 0 saturated carbocycles. The van der Waals surface area contributed by atoms with Gasteiger partial charge in [-0.15, -0.1) is 0 Å². The number of nitrogens with two attached hydrogens (primary N) is 1. The van der Waals surface area contributed by atoms with E-state index in [0.29, 0.717) is 17.0 Å². The Labute approximate surface area is 124 Å². The highest BCUT2D eigenvalue weighted by molar-refractivity contribution is 5.99. The molecule has 0 bridgehead atoms. The van der Waals surface area contributed by atoms with E-state index in [2.05, 4.69) is 0 Å². The van der Waals surface area contributed by atoms with Crippen molar-refractivity contribution in [2.24, 2.45) is 0 Å². The Balaban J connectivity index is 2.11. The molecule has 1 atom stereocenters. The first-order chi connectivity index (χ1) is 10.0. The van der Waals surface area contributed by atoms with Gasteiger partial charge in [0.25, 0.3) is 0 Å². The third-order valence-electron chi connectivity index (χ3n) is 3.24. The molecule has 4 nitrogen and oxygen atoms in total. The molecule has 110 valence electrons. The first-order valence-corrected chi connectivity index (χ1v) is 6.72. The van der Waals surface area contributed by atoms with Crippen molar-refractivity contribution in [3.05, 3.63) is 53.6 Å². The maximum atomic E-state index is 12.4. The van der Waals surface area contributed by atoms with Crippen LogP contribution in [-0.2, 0) is 0 Å². The summed E-state index contributed by atoms with van der Waals surface area (Å²) in [5, 5.41) is 0. The summed E-state index contributed by atoms with van der Waals surface area (Å²) in [6, 6.07) is 12.3. The van der Waals surface area contributed by atoms with Crippen LogP contribution < -0.4 is 15.2 Å². The van der Waals surface area contributed by atoms with E-state index in [0.717, 1.165) is 11.3 Å². The van der Waals surface area contributed by atoms with Crippen LogP contribution in [0.15, 0.2) is 42.5 Å². The van der Waals surface area contributed by atoms with Crippen LogP contribution in [0, 0.1) is 6.92 Å². The number of ether oxygens (including phenoxy) is 2. The van der Waals surface area contributed by atoms with Crippen LogP contribution in [0.5, 0.6) is 11.5 Å². The summed E-state index contributed by atoms with van der Waals surface area (Å²) in [5.74, 6) is 1.31. The molecule has 0 aliphatic heterocycles. The van der Waals surface area contributed by atoms with Crippen molar-refractivity contribution in [2.75, 3.05) is 12.8 Å². The van der Waals surface area contributed by atoms with E-state index in [9.17, 15) is 4.79 Å². The molecular formula is C17H19NO3. The first-order valence-electron chi connectivity index (χ1n) is 6.72. The molecule has 0 aliphatic rings. The first kappa shape index (κ1) is 14.9. The Bertz CT molecular complexity index is 635. The van der Waals surface area contributed by atoms with E-state index < -0.39 is 6.10 Å². The molecule has 0 amide bonds. The lowest BCUT2D eigenvalue weighted by Crippen LogP contribution is -2.24. The minimum absolute atomic E-state index is 0.0717. The van der Waals surface area contributed by atoms with Crippen LogP contribution in [0.2, 0.25) is 0 Å². The molecule has 4 heteroatoms. The molecule has 0 heterocycles. The molecule has 21 heavy (non-hydrogen) atoms. The summed E-state index contributed by atoms with van der Waals surface area (Å²) in [4.78, 5) is 12.4. The highest BCUT2D eigenvalue weighted by atomic mass is 16.5. The number of nitrogen functional groups attached to an aromatic ring is 1. The van der Waals surface area contributed by atoms with Crippen molar-refractivity contribution < 1.29 is 14.3 Å². The van der Waals surface area contributed by atoms with Crippen LogP contribution in [0.1, 0.15) is 22.8 Å². The fourth-order valence-corrected chi connectivity index (χ4v) is 2.07. The second-order valence-corrected chi connectivity index (χ2v) is 4.88. The van der Waals surface area contributed by atoms with Crippen LogP contribution in [0.4, 0.5) is 5.69 Å². The van der Waals surface area contributed by atoms with E-state index in [-0.39, 0.29) is 5.78 Å². The topological polar surface area (TPSA) is 61.5 Å². The summed E-state index contributed by atoms with van der Waals surface area (Å²) in [6.07, 6.45) is -0.568. The normalized spacial score (nSPS) is 11.8. The lowest BCUT2D eigenvalue weighted by atomic mass is 10.0. The van der Waals surface area contributed by atoms with Gasteiger partial charge >= 0.3 is 0 Å². The molecule has 0 saturated heterocycles. The van der Waals surface area contributed by atoms with Crippen molar-refractivity contribution >= 4 is 11.5 Å². The number of aryl methyl sites for hydroxylation is 1. The number of carbonyl (C=O) groups is 1. The number of hydrogen-bond donors (Lipinski definition) is 1. The zero-order chi connectivity index (χ0) is 15.4. The number of Topliss-reactive ketones (excluding diaryl/α,β-unsaturated/α-hetero) is 1. The number of rotatable bonds is 5.